The Bertz CT molecular complexity index is 528. The second-order valence-corrected chi connectivity index (χ2v) is 7.35. The average Bonchev–Trinajstić information content (AvgIpc) is 2.47. The van der Waals surface area contributed by atoms with Crippen molar-refractivity contribution in [2.24, 2.45) is 10.7 Å². The normalized spacial score (nSPS) is 18.2. The molecule has 4 N–H and O–H groups in total. The highest BCUT2D eigenvalue weighted by atomic mass is 16.3. The minimum atomic E-state index is -0.130. The van der Waals surface area contributed by atoms with E-state index < -0.39 is 0 Å². The van der Waals surface area contributed by atoms with E-state index in [1.165, 1.54) is 11.1 Å². The van der Waals surface area contributed by atoms with Crippen molar-refractivity contribution < 1.29 is 5.11 Å². The first kappa shape index (κ1) is 17.8. The summed E-state index contributed by atoms with van der Waals surface area (Å²) in [6.45, 7) is 9.59. The quantitative estimate of drug-likeness (QED) is 0.585. The number of benzene rings is 1. The van der Waals surface area contributed by atoms with E-state index in [2.05, 4.69) is 54.2 Å². The maximum atomic E-state index is 9.62. The summed E-state index contributed by atoms with van der Waals surface area (Å²) in [5.41, 5.74) is 8.37. The number of aliphatic imine (C=N–C) groups is 1. The summed E-state index contributed by atoms with van der Waals surface area (Å²) in [6.07, 6.45) is 1.60. The van der Waals surface area contributed by atoms with Gasteiger partial charge in [-0.15, -0.1) is 0 Å². The molecule has 1 saturated heterocycles. The van der Waals surface area contributed by atoms with Crippen LogP contribution in [0.3, 0.4) is 0 Å². The van der Waals surface area contributed by atoms with Gasteiger partial charge in [-0.05, 0) is 44.7 Å². The maximum absolute atomic E-state index is 9.62. The number of nitrogens with two attached hydrogens (primary N) is 1. The van der Waals surface area contributed by atoms with Gasteiger partial charge in [0.05, 0.1) is 12.6 Å². The number of guanidine groups is 1. The topological polar surface area (TPSA) is 73.9 Å². The highest BCUT2D eigenvalue weighted by Crippen LogP contribution is 2.17. The van der Waals surface area contributed by atoms with Gasteiger partial charge in [-0.3, -0.25) is 4.90 Å². The van der Waals surface area contributed by atoms with E-state index in [0.717, 1.165) is 32.5 Å². The molecule has 0 aliphatic carbocycles. The first-order chi connectivity index (χ1) is 10.8. The lowest BCUT2D eigenvalue weighted by atomic mass is 10.0. The van der Waals surface area contributed by atoms with E-state index >= 15 is 0 Å². The number of hydrogen-bond donors (Lipinski definition) is 3. The summed E-state index contributed by atoms with van der Waals surface area (Å²) in [5.74, 6) is 0.480. The van der Waals surface area contributed by atoms with Crippen LogP contribution in [-0.2, 0) is 13.1 Å². The van der Waals surface area contributed by atoms with Crippen molar-refractivity contribution in [2.45, 2.75) is 58.3 Å². The summed E-state index contributed by atoms with van der Waals surface area (Å²) in [6, 6.07) is 8.38. The van der Waals surface area contributed by atoms with Crippen LogP contribution >= 0.6 is 0 Å². The lowest BCUT2D eigenvalue weighted by Crippen LogP contribution is -2.45. The zero-order valence-electron chi connectivity index (χ0n) is 14.5. The third-order valence-electron chi connectivity index (χ3n) is 3.99. The molecule has 0 spiro atoms. The molecule has 0 amide bonds. The first-order valence-electron chi connectivity index (χ1n) is 8.39. The SMILES string of the molecule is CC(C)(C)NC(N)=NCc1ccccc1CN1CCC(O)CC1. The molecule has 1 fully saturated rings. The Labute approximate surface area is 139 Å². The molecule has 0 radical (unpaired) electrons. The highest BCUT2D eigenvalue weighted by molar-refractivity contribution is 5.78. The van der Waals surface area contributed by atoms with Crippen molar-refractivity contribution in [3.05, 3.63) is 35.4 Å². The molecule has 0 atom stereocenters. The largest absolute Gasteiger partial charge is 0.393 e. The van der Waals surface area contributed by atoms with Crippen LogP contribution in [0.1, 0.15) is 44.7 Å². The predicted molar refractivity (Wildman–Crippen MR) is 95.2 cm³/mol. The molecule has 0 bridgehead atoms. The molecule has 128 valence electrons. The first-order valence-corrected chi connectivity index (χ1v) is 8.39. The third-order valence-corrected chi connectivity index (χ3v) is 3.99. The van der Waals surface area contributed by atoms with Gasteiger partial charge in [0, 0.05) is 25.2 Å². The fourth-order valence-electron chi connectivity index (χ4n) is 2.78. The third kappa shape index (κ3) is 6.20. The molecule has 23 heavy (non-hydrogen) atoms. The monoisotopic (exact) mass is 318 g/mol. The van der Waals surface area contributed by atoms with Crippen LogP contribution in [-0.4, -0.2) is 40.7 Å². The number of nitrogens with zero attached hydrogens (tertiary/aromatic N) is 2. The van der Waals surface area contributed by atoms with E-state index in [9.17, 15) is 5.11 Å². The smallest absolute Gasteiger partial charge is 0.189 e. The van der Waals surface area contributed by atoms with E-state index in [4.69, 9.17) is 5.73 Å². The molecule has 0 saturated carbocycles. The van der Waals surface area contributed by atoms with Gasteiger partial charge in [0.2, 0.25) is 0 Å². The van der Waals surface area contributed by atoms with Crippen molar-refractivity contribution in [2.75, 3.05) is 13.1 Å². The molecule has 0 aromatic heterocycles. The van der Waals surface area contributed by atoms with E-state index in [-0.39, 0.29) is 11.6 Å². The summed E-state index contributed by atoms with van der Waals surface area (Å²) < 4.78 is 0. The number of likely N-dealkylation sites (tertiary alicyclic amines) is 1. The zero-order valence-corrected chi connectivity index (χ0v) is 14.5. The molecular formula is C18H30N4O. The summed E-state index contributed by atoms with van der Waals surface area (Å²) in [4.78, 5) is 6.87. The van der Waals surface area contributed by atoms with Crippen molar-refractivity contribution in [3.63, 3.8) is 0 Å². The highest BCUT2D eigenvalue weighted by Gasteiger charge is 2.17. The molecule has 0 unspecified atom stereocenters. The van der Waals surface area contributed by atoms with Crippen LogP contribution in [0.15, 0.2) is 29.3 Å². The van der Waals surface area contributed by atoms with Crippen molar-refractivity contribution in [1.29, 1.82) is 0 Å². The van der Waals surface area contributed by atoms with Crippen LogP contribution in [0.4, 0.5) is 0 Å². The molecule has 1 aromatic rings. The van der Waals surface area contributed by atoms with Crippen LogP contribution in [0, 0.1) is 0 Å². The number of aliphatic hydroxyl groups excluding tert-OH is 1. The Kier molecular flexibility index (Phi) is 6.02. The fourth-order valence-corrected chi connectivity index (χ4v) is 2.78. The van der Waals surface area contributed by atoms with E-state index in [1.807, 2.05) is 6.07 Å². The molecule has 5 nitrogen and oxygen atoms in total. The number of aliphatic hydroxyl groups is 1. The van der Waals surface area contributed by atoms with E-state index in [1.54, 1.807) is 0 Å². The Morgan fingerprint density at radius 1 is 1.26 bits per heavy atom. The number of piperidine rings is 1. The van der Waals surface area contributed by atoms with Crippen LogP contribution in [0.25, 0.3) is 0 Å². The Balaban J connectivity index is 1.98. The van der Waals surface area contributed by atoms with Gasteiger partial charge in [0.15, 0.2) is 5.96 Å². The second-order valence-electron chi connectivity index (χ2n) is 7.35. The molecule has 1 aliphatic rings. The minimum absolute atomic E-state index is 0.0816. The van der Waals surface area contributed by atoms with Gasteiger partial charge in [-0.25, -0.2) is 4.99 Å². The van der Waals surface area contributed by atoms with Gasteiger partial charge in [0.25, 0.3) is 0 Å². The van der Waals surface area contributed by atoms with Gasteiger partial charge < -0.3 is 16.2 Å². The lowest BCUT2D eigenvalue weighted by molar-refractivity contribution is 0.0791. The van der Waals surface area contributed by atoms with Crippen LogP contribution < -0.4 is 11.1 Å². The average molecular weight is 318 g/mol. The number of rotatable bonds is 4. The number of hydrogen-bond acceptors (Lipinski definition) is 3. The predicted octanol–water partition coefficient (Wildman–Crippen LogP) is 1.85. The standard InChI is InChI=1S/C18H30N4O/c1-18(2,3)21-17(19)20-12-14-6-4-5-7-15(14)13-22-10-8-16(23)9-11-22/h4-7,16,23H,8-13H2,1-3H3,(H3,19,20,21). The molecule has 1 heterocycles. The molecular weight excluding hydrogens is 288 g/mol. The Morgan fingerprint density at radius 2 is 1.87 bits per heavy atom. The molecule has 2 rings (SSSR count). The fraction of sp³-hybridized carbons (Fsp3) is 0.611. The molecule has 5 heteroatoms. The lowest BCUT2D eigenvalue weighted by Gasteiger charge is -2.30. The number of nitrogens with one attached hydrogen (secondary N) is 1. The Morgan fingerprint density at radius 3 is 2.48 bits per heavy atom. The summed E-state index contributed by atoms with van der Waals surface area (Å²) in [7, 11) is 0. The van der Waals surface area contributed by atoms with Gasteiger partial charge in [-0.2, -0.15) is 0 Å². The Hall–Kier alpha value is -1.59. The summed E-state index contributed by atoms with van der Waals surface area (Å²) >= 11 is 0. The maximum Gasteiger partial charge on any atom is 0.189 e. The van der Waals surface area contributed by atoms with E-state index in [0.29, 0.717) is 12.5 Å². The van der Waals surface area contributed by atoms with Crippen LogP contribution in [0.2, 0.25) is 0 Å². The van der Waals surface area contributed by atoms with Crippen LogP contribution in [0.5, 0.6) is 0 Å². The minimum Gasteiger partial charge on any atom is -0.393 e. The zero-order chi connectivity index (χ0) is 16.9. The molecule has 1 aliphatic heterocycles. The van der Waals surface area contributed by atoms with Gasteiger partial charge in [0.1, 0.15) is 0 Å². The summed E-state index contributed by atoms with van der Waals surface area (Å²) in [5, 5.41) is 12.8. The van der Waals surface area contributed by atoms with Crippen molar-refractivity contribution in [1.82, 2.24) is 10.2 Å². The second kappa shape index (κ2) is 7.79. The van der Waals surface area contributed by atoms with Crippen molar-refractivity contribution in [3.8, 4) is 0 Å². The van der Waals surface area contributed by atoms with Gasteiger partial charge in [-0.1, -0.05) is 24.3 Å². The van der Waals surface area contributed by atoms with Gasteiger partial charge >= 0.3 is 0 Å². The van der Waals surface area contributed by atoms with Crippen molar-refractivity contribution >= 4 is 5.96 Å². The molecule has 1 aromatic carbocycles.